The van der Waals surface area contributed by atoms with Gasteiger partial charge in [0.25, 0.3) is 0 Å². The number of nitrogens with zero attached hydrogens (tertiary/aromatic N) is 1. The monoisotopic (exact) mass is 302 g/mol. The Kier molecular flexibility index (Phi) is 8.41. The molecule has 0 aromatic rings. The van der Waals surface area contributed by atoms with Crippen molar-refractivity contribution in [2.75, 3.05) is 26.2 Å². The molecule has 0 heterocycles. The lowest BCUT2D eigenvalue weighted by molar-refractivity contribution is -0.160. The van der Waals surface area contributed by atoms with E-state index in [0.717, 1.165) is 30.7 Å². The number of amides is 1. The van der Waals surface area contributed by atoms with Gasteiger partial charge >= 0.3 is 6.18 Å². The van der Waals surface area contributed by atoms with Crippen molar-refractivity contribution < 1.29 is 18.0 Å². The van der Waals surface area contributed by atoms with Crippen molar-refractivity contribution in [1.29, 1.82) is 0 Å². The lowest BCUT2D eigenvalue weighted by Gasteiger charge is -2.24. The van der Waals surface area contributed by atoms with Gasteiger partial charge in [-0.3, -0.25) is 4.79 Å². The molecule has 0 unspecified atom stereocenters. The van der Waals surface area contributed by atoms with Crippen LogP contribution >= 0.6 is 12.4 Å². The van der Waals surface area contributed by atoms with Gasteiger partial charge in [0.15, 0.2) is 0 Å². The zero-order valence-electron chi connectivity index (χ0n) is 11.1. The third kappa shape index (κ3) is 9.10. The molecule has 1 fully saturated rings. The molecule has 114 valence electrons. The molecule has 0 radical (unpaired) electrons. The van der Waals surface area contributed by atoms with Crippen molar-refractivity contribution >= 4 is 18.3 Å². The van der Waals surface area contributed by atoms with Crippen LogP contribution in [0.2, 0.25) is 0 Å². The van der Waals surface area contributed by atoms with Crippen LogP contribution in [0.25, 0.3) is 0 Å². The highest BCUT2D eigenvalue weighted by Gasteiger charge is 2.32. The van der Waals surface area contributed by atoms with Gasteiger partial charge < -0.3 is 10.2 Å². The quantitative estimate of drug-likeness (QED) is 0.747. The summed E-state index contributed by atoms with van der Waals surface area (Å²) in [5.41, 5.74) is 0. The van der Waals surface area contributed by atoms with Crippen LogP contribution in [-0.2, 0) is 4.79 Å². The molecule has 1 amide bonds. The summed E-state index contributed by atoms with van der Waals surface area (Å²) in [5, 5.41) is 2.93. The lowest BCUT2D eigenvalue weighted by Crippen LogP contribution is -2.44. The smallest absolute Gasteiger partial charge is 0.332 e. The zero-order chi connectivity index (χ0) is 13.6. The molecule has 0 bridgehead atoms. The minimum absolute atomic E-state index is 0. The van der Waals surface area contributed by atoms with Gasteiger partial charge in [0.1, 0.15) is 6.54 Å². The summed E-state index contributed by atoms with van der Waals surface area (Å²) in [7, 11) is 0. The highest BCUT2D eigenvalue weighted by molar-refractivity contribution is 5.85. The van der Waals surface area contributed by atoms with E-state index in [1.807, 2.05) is 6.92 Å². The molecule has 19 heavy (non-hydrogen) atoms. The molecule has 0 aromatic carbocycles. The first kappa shape index (κ1) is 18.5. The van der Waals surface area contributed by atoms with Crippen molar-refractivity contribution in [2.24, 2.45) is 5.92 Å². The third-order valence-corrected chi connectivity index (χ3v) is 2.91. The Morgan fingerprint density at radius 3 is 2.47 bits per heavy atom. The van der Waals surface area contributed by atoms with E-state index in [0.29, 0.717) is 12.3 Å². The summed E-state index contributed by atoms with van der Waals surface area (Å²) in [6, 6.07) is 0. The van der Waals surface area contributed by atoms with E-state index in [2.05, 4.69) is 5.32 Å². The van der Waals surface area contributed by atoms with Gasteiger partial charge in [-0.2, -0.15) is 13.2 Å². The Morgan fingerprint density at radius 2 is 2.00 bits per heavy atom. The fourth-order valence-corrected chi connectivity index (χ4v) is 1.67. The average Bonchev–Trinajstić information content (AvgIpc) is 3.06. The largest absolute Gasteiger partial charge is 0.406 e. The molecular weight excluding hydrogens is 281 g/mol. The number of hydrogen-bond acceptors (Lipinski definition) is 2. The number of alkyl halides is 3. The van der Waals surface area contributed by atoms with Crippen molar-refractivity contribution in [3.8, 4) is 0 Å². The van der Waals surface area contributed by atoms with Crippen LogP contribution in [0.4, 0.5) is 13.2 Å². The van der Waals surface area contributed by atoms with E-state index in [-0.39, 0.29) is 25.5 Å². The van der Waals surface area contributed by atoms with Crippen LogP contribution in [0.5, 0.6) is 0 Å². The number of rotatable bonds is 8. The first-order valence-electron chi connectivity index (χ1n) is 6.47. The number of hydrogen-bond donors (Lipinski definition) is 1. The predicted octanol–water partition coefficient (Wildman–Crippen LogP) is 2.60. The third-order valence-electron chi connectivity index (χ3n) is 2.91. The van der Waals surface area contributed by atoms with Gasteiger partial charge in [-0.05, 0) is 31.7 Å². The molecule has 1 rings (SSSR count). The van der Waals surface area contributed by atoms with E-state index in [1.165, 1.54) is 0 Å². The molecule has 0 aromatic heterocycles. The Labute approximate surface area is 118 Å². The molecular formula is C12H22ClF3N2O. The van der Waals surface area contributed by atoms with Crippen LogP contribution in [0.1, 0.15) is 32.6 Å². The fourth-order valence-electron chi connectivity index (χ4n) is 1.67. The molecule has 0 atom stereocenters. The maximum Gasteiger partial charge on any atom is 0.406 e. The number of carbonyl (C=O) groups is 1. The molecule has 1 saturated carbocycles. The normalized spacial score (nSPS) is 14.9. The summed E-state index contributed by atoms with van der Waals surface area (Å²) in [6.45, 7) is 1.67. The lowest BCUT2D eigenvalue weighted by atomic mass is 10.3. The first-order chi connectivity index (χ1) is 8.42. The van der Waals surface area contributed by atoms with Crippen LogP contribution in [0, 0.1) is 5.92 Å². The summed E-state index contributed by atoms with van der Waals surface area (Å²) in [4.78, 5) is 12.6. The van der Waals surface area contributed by atoms with Crippen molar-refractivity contribution in [2.45, 2.75) is 38.8 Å². The molecule has 0 spiro atoms. The van der Waals surface area contributed by atoms with E-state index in [9.17, 15) is 18.0 Å². The fraction of sp³-hybridized carbons (Fsp3) is 0.917. The Morgan fingerprint density at radius 1 is 1.37 bits per heavy atom. The Balaban J connectivity index is 0.00000324. The van der Waals surface area contributed by atoms with E-state index >= 15 is 0 Å². The topological polar surface area (TPSA) is 32.3 Å². The molecule has 1 aliphatic carbocycles. The minimum atomic E-state index is -4.32. The standard InChI is InChI=1S/C12H21F3N2O.ClH/c1-2-3-6-17(9-12(13,14)15)11(18)8-16-7-10-4-5-10;/h10,16H,2-9H2,1H3;1H. The molecule has 3 nitrogen and oxygen atoms in total. The van der Waals surface area contributed by atoms with E-state index < -0.39 is 18.6 Å². The van der Waals surface area contributed by atoms with Crippen molar-refractivity contribution in [3.63, 3.8) is 0 Å². The number of unbranched alkanes of at least 4 members (excludes halogenated alkanes) is 1. The minimum Gasteiger partial charge on any atom is -0.332 e. The number of carbonyl (C=O) groups excluding carboxylic acids is 1. The van der Waals surface area contributed by atoms with E-state index in [4.69, 9.17) is 0 Å². The van der Waals surface area contributed by atoms with Crippen LogP contribution in [-0.4, -0.2) is 43.2 Å². The second-order valence-electron chi connectivity index (χ2n) is 4.86. The van der Waals surface area contributed by atoms with Crippen LogP contribution in [0.15, 0.2) is 0 Å². The molecule has 1 aliphatic rings. The first-order valence-corrected chi connectivity index (χ1v) is 6.47. The highest BCUT2D eigenvalue weighted by Crippen LogP contribution is 2.27. The summed E-state index contributed by atoms with van der Waals surface area (Å²) < 4.78 is 37.0. The zero-order valence-corrected chi connectivity index (χ0v) is 11.9. The van der Waals surface area contributed by atoms with Gasteiger partial charge in [0, 0.05) is 6.54 Å². The molecule has 1 N–H and O–H groups in total. The molecule has 0 saturated heterocycles. The maximum absolute atomic E-state index is 12.3. The second kappa shape index (κ2) is 8.64. The Hall–Kier alpha value is -0.490. The number of nitrogens with one attached hydrogen (secondary N) is 1. The van der Waals surface area contributed by atoms with Crippen LogP contribution in [0.3, 0.4) is 0 Å². The SMILES string of the molecule is CCCCN(CC(F)(F)F)C(=O)CNCC1CC1.Cl. The average molecular weight is 303 g/mol. The molecule has 7 heteroatoms. The maximum atomic E-state index is 12.3. The van der Waals surface area contributed by atoms with Crippen LogP contribution < -0.4 is 5.32 Å². The van der Waals surface area contributed by atoms with Gasteiger partial charge in [0.2, 0.25) is 5.91 Å². The van der Waals surface area contributed by atoms with Gasteiger partial charge in [-0.25, -0.2) is 0 Å². The van der Waals surface area contributed by atoms with Crippen molar-refractivity contribution in [1.82, 2.24) is 10.2 Å². The molecule has 0 aliphatic heterocycles. The summed E-state index contributed by atoms with van der Waals surface area (Å²) >= 11 is 0. The van der Waals surface area contributed by atoms with Gasteiger partial charge in [0.05, 0.1) is 6.54 Å². The predicted molar refractivity (Wildman–Crippen MR) is 70.4 cm³/mol. The summed E-state index contributed by atoms with van der Waals surface area (Å²) in [6.07, 6.45) is -0.631. The van der Waals surface area contributed by atoms with Gasteiger partial charge in [-0.15, -0.1) is 12.4 Å². The summed E-state index contributed by atoms with van der Waals surface area (Å²) in [5.74, 6) is 0.158. The van der Waals surface area contributed by atoms with Gasteiger partial charge in [-0.1, -0.05) is 13.3 Å². The van der Waals surface area contributed by atoms with E-state index in [1.54, 1.807) is 0 Å². The number of halogens is 4. The van der Waals surface area contributed by atoms with Crippen molar-refractivity contribution in [3.05, 3.63) is 0 Å². The Bertz CT molecular complexity index is 270. The highest BCUT2D eigenvalue weighted by atomic mass is 35.5. The second-order valence-corrected chi connectivity index (χ2v) is 4.86.